The monoisotopic (exact) mass is 502 g/mol. The van der Waals surface area contributed by atoms with Crippen molar-refractivity contribution in [1.29, 1.82) is 0 Å². The van der Waals surface area contributed by atoms with Crippen LogP contribution < -0.4 is 5.32 Å². The summed E-state index contributed by atoms with van der Waals surface area (Å²) in [5.74, 6) is 0.690. The number of likely N-dealkylation sites (tertiary alicyclic amines) is 1. The Hall–Kier alpha value is -1.35. The molecule has 0 aromatic heterocycles. The zero-order valence-corrected chi connectivity index (χ0v) is 19.9. The van der Waals surface area contributed by atoms with E-state index in [2.05, 4.69) is 58.3 Å². The summed E-state index contributed by atoms with van der Waals surface area (Å²) < 4.78 is 5.20. The van der Waals surface area contributed by atoms with Gasteiger partial charge in [-0.05, 0) is 44.5 Å². The second-order valence-electron chi connectivity index (χ2n) is 7.09. The number of carbonyl (C=O) groups excluding carboxylic acids is 1. The van der Waals surface area contributed by atoms with E-state index >= 15 is 0 Å². The van der Waals surface area contributed by atoms with Gasteiger partial charge in [0.15, 0.2) is 5.96 Å². The minimum atomic E-state index is -0.0922. The molecule has 158 valence electrons. The van der Waals surface area contributed by atoms with E-state index in [1.807, 2.05) is 6.92 Å². The summed E-state index contributed by atoms with van der Waals surface area (Å²) in [4.78, 5) is 20.9. The van der Waals surface area contributed by atoms with E-state index in [0.29, 0.717) is 13.2 Å². The van der Waals surface area contributed by atoms with E-state index in [-0.39, 0.29) is 35.9 Å². The van der Waals surface area contributed by atoms with Gasteiger partial charge in [-0.1, -0.05) is 31.2 Å². The fraction of sp³-hybridized carbons (Fsp3) is 0.619. The second-order valence-corrected chi connectivity index (χ2v) is 7.09. The van der Waals surface area contributed by atoms with Crippen LogP contribution in [0.1, 0.15) is 37.8 Å². The highest BCUT2D eigenvalue weighted by Gasteiger charge is 2.28. The molecular formula is C21H35IN4O2. The van der Waals surface area contributed by atoms with Crippen LogP contribution in [0.15, 0.2) is 29.3 Å². The zero-order chi connectivity index (χ0) is 19.6. The first-order valence-corrected chi connectivity index (χ1v) is 9.95. The topological polar surface area (TPSA) is 57.2 Å². The first-order chi connectivity index (χ1) is 13.1. The van der Waals surface area contributed by atoms with Crippen LogP contribution >= 0.6 is 24.0 Å². The summed E-state index contributed by atoms with van der Waals surface area (Å²) in [6.07, 6.45) is 1.86. The lowest BCUT2D eigenvalue weighted by molar-refractivity contribution is -0.149. The van der Waals surface area contributed by atoms with Gasteiger partial charge in [0.05, 0.1) is 12.5 Å². The predicted molar refractivity (Wildman–Crippen MR) is 125 cm³/mol. The van der Waals surface area contributed by atoms with Crippen LogP contribution in [0.2, 0.25) is 0 Å². The van der Waals surface area contributed by atoms with Crippen LogP contribution in [0.25, 0.3) is 0 Å². The number of rotatable bonds is 7. The molecule has 0 bridgehead atoms. The highest BCUT2D eigenvalue weighted by molar-refractivity contribution is 14.0. The van der Waals surface area contributed by atoms with E-state index in [0.717, 1.165) is 45.0 Å². The van der Waals surface area contributed by atoms with Gasteiger partial charge >= 0.3 is 5.97 Å². The van der Waals surface area contributed by atoms with Gasteiger partial charge in [-0.25, -0.2) is 0 Å². The molecular weight excluding hydrogens is 467 g/mol. The Morgan fingerprint density at radius 1 is 1.36 bits per heavy atom. The Balaban J connectivity index is 0.00000392. The highest BCUT2D eigenvalue weighted by Crippen LogP contribution is 2.18. The van der Waals surface area contributed by atoms with Gasteiger partial charge < -0.3 is 19.9 Å². The molecule has 7 heteroatoms. The Kier molecular flexibility index (Phi) is 11.4. The summed E-state index contributed by atoms with van der Waals surface area (Å²) in [7, 11) is 3.92. The SMILES string of the molecule is CCOC(=O)C1CCCN(C(=NC)NCc2cccc(CN(C)CC)c2)C1.I. The van der Waals surface area contributed by atoms with Crippen molar-refractivity contribution in [2.24, 2.45) is 10.9 Å². The van der Waals surface area contributed by atoms with Gasteiger partial charge in [-0.3, -0.25) is 9.79 Å². The van der Waals surface area contributed by atoms with Crippen molar-refractivity contribution in [2.45, 2.75) is 39.8 Å². The number of nitrogens with one attached hydrogen (secondary N) is 1. The van der Waals surface area contributed by atoms with Crippen LogP contribution in [0.3, 0.4) is 0 Å². The predicted octanol–water partition coefficient (Wildman–Crippen LogP) is 3.11. The van der Waals surface area contributed by atoms with Crippen LogP contribution in [0, 0.1) is 5.92 Å². The van der Waals surface area contributed by atoms with Crippen molar-refractivity contribution in [1.82, 2.24) is 15.1 Å². The van der Waals surface area contributed by atoms with Crippen molar-refractivity contribution in [3.05, 3.63) is 35.4 Å². The molecule has 1 unspecified atom stereocenters. The molecule has 1 saturated heterocycles. The van der Waals surface area contributed by atoms with Crippen molar-refractivity contribution in [2.75, 3.05) is 40.3 Å². The number of esters is 1. The maximum Gasteiger partial charge on any atom is 0.310 e. The Bertz CT molecular complexity index is 639. The largest absolute Gasteiger partial charge is 0.466 e. The zero-order valence-electron chi connectivity index (χ0n) is 17.6. The van der Waals surface area contributed by atoms with E-state index in [4.69, 9.17) is 4.74 Å². The molecule has 1 heterocycles. The number of carbonyl (C=O) groups is 1. The molecule has 0 spiro atoms. The fourth-order valence-electron chi connectivity index (χ4n) is 3.40. The lowest BCUT2D eigenvalue weighted by Gasteiger charge is -2.34. The Morgan fingerprint density at radius 3 is 2.79 bits per heavy atom. The van der Waals surface area contributed by atoms with Crippen molar-refractivity contribution in [3.63, 3.8) is 0 Å². The third-order valence-corrected chi connectivity index (χ3v) is 4.99. The molecule has 0 amide bonds. The highest BCUT2D eigenvalue weighted by atomic mass is 127. The van der Waals surface area contributed by atoms with E-state index < -0.39 is 0 Å². The molecule has 28 heavy (non-hydrogen) atoms. The fourth-order valence-corrected chi connectivity index (χ4v) is 3.40. The van der Waals surface area contributed by atoms with Crippen LogP contribution in [-0.4, -0.2) is 62.1 Å². The number of nitrogens with zero attached hydrogens (tertiary/aromatic N) is 3. The lowest BCUT2D eigenvalue weighted by atomic mass is 9.98. The molecule has 1 aliphatic rings. The number of guanidine groups is 1. The molecule has 1 atom stereocenters. The second kappa shape index (κ2) is 13.0. The smallest absolute Gasteiger partial charge is 0.310 e. The maximum absolute atomic E-state index is 12.1. The molecule has 0 saturated carbocycles. The maximum atomic E-state index is 12.1. The quantitative estimate of drug-likeness (QED) is 0.269. The minimum Gasteiger partial charge on any atom is -0.466 e. The van der Waals surface area contributed by atoms with Crippen LogP contribution in [0.5, 0.6) is 0 Å². The third kappa shape index (κ3) is 7.58. The van der Waals surface area contributed by atoms with Gasteiger partial charge in [0.1, 0.15) is 0 Å². The molecule has 1 aromatic carbocycles. The molecule has 1 aromatic rings. The number of benzene rings is 1. The average Bonchev–Trinajstić information content (AvgIpc) is 2.69. The lowest BCUT2D eigenvalue weighted by Crippen LogP contribution is -2.48. The molecule has 1 N–H and O–H groups in total. The van der Waals surface area contributed by atoms with Crippen molar-refractivity contribution in [3.8, 4) is 0 Å². The average molecular weight is 502 g/mol. The van der Waals surface area contributed by atoms with Gasteiger partial charge in [-0.15, -0.1) is 24.0 Å². The molecule has 1 aliphatic heterocycles. The summed E-state index contributed by atoms with van der Waals surface area (Å²) >= 11 is 0. The minimum absolute atomic E-state index is 0. The first-order valence-electron chi connectivity index (χ1n) is 9.95. The molecule has 1 fully saturated rings. The summed E-state index contributed by atoms with van der Waals surface area (Å²) in [5, 5.41) is 3.45. The Labute approximate surface area is 186 Å². The van der Waals surface area contributed by atoms with E-state index in [1.54, 1.807) is 7.05 Å². The number of halogens is 1. The Morgan fingerprint density at radius 2 is 2.11 bits per heavy atom. The van der Waals surface area contributed by atoms with Crippen molar-refractivity contribution >= 4 is 35.9 Å². The number of ether oxygens (including phenoxy) is 1. The number of hydrogen-bond acceptors (Lipinski definition) is 4. The number of aliphatic imine (C=N–C) groups is 1. The van der Waals surface area contributed by atoms with Gasteiger partial charge in [0.25, 0.3) is 0 Å². The normalized spacial score (nSPS) is 17.2. The molecule has 0 radical (unpaired) electrons. The summed E-state index contributed by atoms with van der Waals surface area (Å²) in [5.41, 5.74) is 2.55. The summed E-state index contributed by atoms with van der Waals surface area (Å²) in [6.45, 7) is 8.74. The number of hydrogen-bond donors (Lipinski definition) is 1. The van der Waals surface area contributed by atoms with Crippen LogP contribution in [0.4, 0.5) is 0 Å². The summed E-state index contributed by atoms with van der Waals surface area (Å²) in [6, 6.07) is 8.65. The van der Waals surface area contributed by atoms with Gasteiger partial charge in [0.2, 0.25) is 0 Å². The molecule has 2 rings (SSSR count). The molecule has 6 nitrogen and oxygen atoms in total. The first kappa shape index (κ1) is 24.7. The van der Waals surface area contributed by atoms with Crippen LogP contribution in [-0.2, 0) is 22.6 Å². The van der Waals surface area contributed by atoms with E-state index in [1.165, 1.54) is 11.1 Å². The van der Waals surface area contributed by atoms with Gasteiger partial charge in [0, 0.05) is 33.2 Å². The standard InChI is InChI=1S/C21H34N4O2.HI/c1-5-24(4)15-18-10-7-9-17(13-18)14-23-21(22-3)25-12-8-11-19(16-25)20(26)27-6-2;/h7,9-10,13,19H,5-6,8,11-12,14-16H2,1-4H3,(H,22,23);1H. The van der Waals surface area contributed by atoms with Crippen molar-refractivity contribution < 1.29 is 9.53 Å². The van der Waals surface area contributed by atoms with Gasteiger partial charge in [-0.2, -0.15) is 0 Å². The molecule has 0 aliphatic carbocycles. The number of piperidine rings is 1. The van der Waals surface area contributed by atoms with E-state index in [9.17, 15) is 4.79 Å². The third-order valence-electron chi connectivity index (χ3n) is 4.99.